The fraction of sp³-hybridized carbons (Fsp3) is 0.150. The summed E-state index contributed by atoms with van der Waals surface area (Å²) in [5, 5.41) is 9.04. The standard InChI is InChI=1S/C40H36N4O3S/c1-40(2,3)29-20-18-27(19-21-29)31-16-10-11-17-32(31)36(45)42-30-22-23-33-34(24-30)48-39(43-33)38(47)44-35(28-14-8-5-9-15-28)37(46)41-25-26-12-6-4-7-13-26/h4-24,35H,25H2,1-3H3,(H,41,46)(H,42,45)(H,44,47)/t35-/m0/s1. The van der Waals surface area contributed by atoms with Crippen molar-refractivity contribution >= 4 is 45.0 Å². The average molecular weight is 653 g/mol. The van der Waals surface area contributed by atoms with Crippen LogP contribution in [0.4, 0.5) is 5.69 Å². The fourth-order valence-electron chi connectivity index (χ4n) is 5.41. The maximum Gasteiger partial charge on any atom is 0.281 e. The Bertz CT molecular complexity index is 2070. The summed E-state index contributed by atoms with van der Waals surface area (Å²) in [6.07, 6.45) is 0. The van der Waals surface area contributed by atoms with Gasteiger partial charge in [0.2, 0.25) is 5.91 Å². The molecular weight excluding hydrogens is 617 g/mol. The number of carbonyl (C=O) groups excluding carboxylic acids is 3. The molecule has 0 unspecified atom stereocenters. The minimum absolute atomic E-state index is 0.0337. The average Bonchev–Trinajstić information content (AvgIpc) is 3.54. The number of nitrogens with zero attached hydrogens (tertiary/aromatic N) is 1. The third-order valence-electron chi connectivity index (χ3n) is 8.05. The Hall–Kier alpha value is -5.60. The monoisotopic (exact) mass is 652 g/mol. The molecule has 0 aliphatic rings. The van der Waals surface area contributed by atoms with E-state index in [0.29, 0.717) is 28.9 Å². The Balaban J connectivity index is 1.18. The van der Waals surface area contributed by atoms with Gasteiger partial charge in [-0.25, -0.2) is 4.98 Å². The summed E-state index contributed by atoms with van der Waals surface area (Å²) in [4.78, 5) is 44.8. The van der Waals surface area contributed by atoms with Crippen LogP contribution in [0.25, 0.3) is 21.3 Å². The van der Waals surface area contributed by atoms with Crippen LogP contribution < -0.4 is 16.0 Å². The number of aromatic nitrogens is 1. The fourth-order valence-corrected chi connectivity index (χ4v) is 6.31. The number of anilines is 1. The maximum atomic E-state index is 13.5. The first-order valence-electron chi connectivity index (χ1n) is 15.7. The van der Waals surface area contributed by atoms with Crippen molar-refractivity contribution in [2.75, 3.05) is 5.32 Å². The minimum atomic E-state index is -0.908. The molecular formula is C40H36N4O3S. The van der Waals surface area contributed by atoms with Crippen molar-refractivity contribution in [3.05, 3.63) is 155 Å². The molecule has 240 valence electrons. The third kappa shape index (κ3) is 7.51. The topological polar surface area (TPSA) is 100 Å². The summed E-state index contributed by atoms with van der Waals surface area (Å²) in [5.74, 6) is -1.02. The van der Waals surface area contributed by atoms with Gasteiger partial charge in [-0.2, -0.15) is 0 Å². The molecule has 1 heterocycles. The van der Waals surface area contributed by atoms with Crippen LogP contribution in [0.15, 0.2) is 127 Å². The van der Waals surface area contributed by atoms with E-state index in [1.165, 1.54) is 16.9 Å². The molecule has 0 bridgehead atoms. The molecule has 1 atom stereocenters. The molecule has 1 aromatic heterocycles. The molecule has 0 spiro atoms. The molecule has 48 heavy (non-hydrogen) atoms. The molecule has 0 aliphatic carbocycles. The normalized spacial score (nSPS) is 11.9. The van der Waals surface area contributed by atoms with E-state index in [2.05, 4.69) is 66.0 Å². The number of thiazole rings is 1. The molecule has 5 aromatic carbocycles. The molecule has 6 aromatic rings. The van der Waals surface area contributed by atoms with Gasteiger partial charge in [-0.15, -0.1) is 11.3 Å². The van der Waals surface area contributed by atoms with Crippen LogP contribution in [0.5, 0.6) is 0 Å². The van der Waals surface area contributed by atoms with Crippen LogP contribution in [-0.4, -0.2) is 22.7 Å². The van der Waals surface area contributed by atoms with Crippen LogP contribution in [0, 0.1) is 0 Å². The van der Waals surface area contributed by atoms with Crippen LogP contribution >= 0.6 is 11.3 Å². The maximum absolute atomic E-state index is 13.5. The molecule has 0 aliphatic heterocycles. The molecule has 0 radical (unpaired) electrons. The van der Waals surface area contributed by atoms with Crippen LogP contribution in [0.1, 0.15) is 63.7 Å². The number of fused-ring (bicyclic) bond motifs is 1. The number of hydrogen-bond donors (Lipinski definition) is 3. The van der Waals surface area contributed by atoms with Crippen molar-refractivity contribution in [3.63, 3.8) is 0 Å². The largest absolute Gasteiger partial charge is 0.350 e. The van der Waals surface area contributed by atoms with Crippen molar-refractivity contribution in [2.24, 2.45) is 0 Å². The van der Waals surface area contributed by atoms with E-state index in [-0.39, 0.29) is 22.2 Å². The highest BCUT2D eigenvalue weighted by Crippen LogP contribution is 2.30. The number of rotatable bonds is 9. The van der Waals surface area contributed by atoms with Gasteiger partial charge in [0.15, 0.2) is 5.01 Å². The van der Waals surface area contributed by atoms with E-state index >= 15 is 0 Å². The highest BCUT2D eigenvalue weighted by Gasteiger charge is 2.25. The Morgan fingerprint density at radius 1 is 0.750 bits per heavy atom. The Morgan fingerprint density at radius 3 is 2.12 bits per heavy atom. The van der Waals surface area contributed by atoms with Gasteiger partial charge in [0.05, 0.1) is 10.2 Å². The summed E-state index contributed by atoms with van der Waals surface area (Å²) in [6, 6.07) is 39.0. The van der Waals surface area contributed by atoms with Crippen molar-refractivity contribution in [3.8, 4) is 11.1 Å². The van der Waals surface area contributed by atoms with Gasteiger partial charge >= 0.3 is 0 Å². The first-order valence-corrected chi connectivity index (χ1v) is 16.6. The van der Waals surface area contributed by atoms with Crippen LogP contribution in [0.2, 0.25) is 0 Å². The van der Waals surface area contributed by atoms with E-state index in [9.17, 15) is 14.4 Å². The summed E-state index contributed by atoms with van der Waals surface area (Å²) < 4.78 is 0.730. The van der Waals surface area contributed by atoms with Crippen molar-refractivity contribution < 1.29 is 14.4 Å². The highest BCUT2D eigenvalue weighted by molar-refractivity contribution is 7.20. The summed E-state index contributed by atoms with van der Waals surface area (Å²) in [7, 11) is 0. The number of hydrogen-bond acceptors (Lipinski definition) is 5. The lowest BCUT2D eigenvalue weighted by molar-refractivity contribution is -0.123. The predicted molar refractivity (Wildman–Crippen MR) is 193 cm³/mol. The SMILES string of the molecule is CC(C)(C)c1ccc(-c2ccccc2C(=O)Nc2ccc3nc(C(=O)N[C@H](C(=O)NCc4ccccc4)c4ccccc4)sc3c2)cc1. The van der Waals surface area contributed by atoms with Crippen LogP contribution in [0.3, 0.4) is 0 Å². The molecule has 8 heteroatoms. The van der Waals surface area contributed by atoms with Crippen molar-refractivity contribution in [1.29, 1.82) is 0 Å². The smallest absolute Gasteiger partial charge is 0.281 e. The number of nitrogens with one attached hydrogen (secondary N) is 3. The van der Waals surface area contributed by atoms with Gasteiger partial charge < -0.3 is 16.0 Å². The lowest BCUT2D eigenvalue weighted by Crippen LogP contribution is -2.40. The Morgan fingerprint density at radius 2 is 1.42 bits per heavy atom. The zero-order valence-corrected chi connectivity index (χ0v) is 27.8. The summed E-state index contributed by atoms with van der Waals surface area (Å²) >= 11 is 1.20. The van der Waals surface area contributed by atoms with E-state index < -0.39 is 11.9 Å². The van der Waals surface area contributed by atoms with Crippen LogP contribution in [-0.2, 0) is 16.8 Å². The van der Waals surface area contributed by atoms with Crippen molar-refractivity contribution in [1.82, 2.24) is 15.6 Å². The van der Waals surface area contributed by atoms with E-state index in [4.69, 9.17) is 0 Å². The second kappa shape index (κ2) is 14.0. The molecule has 6 rings (SSSR count). The van der Waals surface area contributed by atoms with Gasteiger partial charge in [-0.1, -0.05) is 124 Å². The predicted octanol–water partition coefficient (Wildman–Crippen LogP) is 8.30. The first-order chi connectivity index (χ1) is 23.2. The second-order valence-electron chi connectivity index (χ2n) is 12.5. The van der Waals surface area contributed by atoms with Crippen molar-refractivity contribution in [2.45, 2.75) is 38.8 Å². The molecule has 0 saturated heterocycles. The van der Waals surface area contributed by atoms with Gasteiger partial charge in [0.25, 0.3) is 11.8 Å². The third-order valence-corrected chi connectivity index (χ3v) is 9.07. The van der Waals surface area contributed by atoms with Gasteiger partial charge in [0.1, 0.15) is 6.04 Å². The minimum Gasteiger partial charge on any atom is -0.350 e. The molecule has 3 N–H and O–H groups in total. The zero-order valence-electron chi connectivity index (χ0n) is 27.0. The summed E-state index contributed by atoms with van der Waals surface area (Å²) in [5.41, 5.74) is 6.44. The van der Waals surface area contributed by atoms with E-state index in [0.717, 1.165) is 21.4 Å². The number of benzene rings is 5. The molecule has 7 nitrogen and oxygen atoms in total. The lowest BCUT2D eigenvalue weighted by Gasteiger charge is -2.19. The van der Waals surface area contributed by atoms with Gasteiger partial charge in [-0.3, -0.25) is 14.4 Å². The summed E-state index contributed by atoms with van der Waals surface area (Å²) in [6.45, 7) is 6.86. The molecule has 0 fully saturated rings. The molecule has 3 amide bonds. The second-order valence-corrected chi connectivity index (χ2v) is 13.6. The Labute approximate surface area is 284 Å². The Kier molecular flexibility index (Phi) is 9.45. The molecule has 0 saturated carbocycles. The van der Waals surface area contributed by atoms with Gasteiger partial charge in [0, 0.05) is 17.8 Å². The first kappa shape index (κ1) is 32.3. The highest BCUT2D eigenvalue weighted by atomic mass is 32.1. The van der Waals surface area contributed by atoms with Gasteiger partial charge in [-0.05, 0) is 57.5 Å². The number of amides is 3. The number of carbonyl (C=O) groups is 3. The van der Waals surface area contributed by atoms with E-state index in [1.807, 2.05) is 78.9 Å². The lowest BCUT2D eigenvalue weighted by atomic mass is 9.86. The van der Waals surface area contributed by atoms with E-state index in [1.54, 1.807) is 24.3 Å². The zero-order chi connectivity index (χ0) is 33.7. The quantitative estimate of drug-likeness (QED) is 0.146.